The summed E-state index contributed by atoms with van der Waals surface area (Å²) < 4.78 is 5.15. The van der Waals surface area contributed by atoms with Crippen molar-refractivity contribution in [3.8, 4) is 0 Å². The molecule has 0 spiro atoms. The van der Waals surface area contributed by atoms with Gasteiger partial charge in [-0.25, -0.2) is 0 Å². The molecule has 2 saturated heterocycles. The van der Waals surface area contributed by atoms with Gasteiger partial charge in [0, 0.05) is 12.5 Å². The molecule has 90 valence electrons. The van der Waals surface area contributed by atoms with Gasteiger partial charge in [0.2, 0.25) is 5.91 Å². The Bertz CT molecular complexity index is 277. The first-order valence-corrected chi connectivity index (χ1v) is 6.23. The van der Waals surface area contributed by atoms with Gasteiger partial charge < -0.3 is 10.1 Å². The Morgan fingerprint density at radius 1 is 1.06 bits per heavy atom. The van der Waals surface area contributed by atoms with E-state index in [1.165, 1.54) is 0 Å². The second-order valence-electron chi connectivity index (χ2n) is 4.69. The zero-order valence-corrected chi connectivity index (χ0v) is 9.54. The molecule has 1 N–H and O–H groups in total. The smallest absolute Gasteiger partial charge is 0.311 e. The molecule has 0 aromatic heterocycles. The SMILES string of the molecule is O=C1CCCCC(C2CCCCOC2=O)N1. The topological polar surface area (TPSA) is 55.4 Å². The van der Waals surface area contributed by atoms with Crippen LogP contribution in [0.1, 0.15) is 44.9 Å². The highest BCUT2D eigenvalue weighted by Gasteiger charge is 2.32. The highest BCUT2D eigenvalue weighted by Crippen LogP contribution is 2.24. The van der Waals surface area contributed by atoms with Crippen LogP contribution in [-0.4, -0.2) is 24.5 Å². The summed E-state index contributed by atoms with van der Waals surface area (Å²) >= 11 is 0. The first-order valence-electron chi connectivity index (χ1n) is 6.23. The summed E-state index contributed by atoms with van der Waals surface area (Å²) in [6.07, 6.45) is 6.27. The molecule has 2 aliphatic heterocycles. The average Bonchev–Trinajstić information content (AvgIpc) is 2.58. The second kappa shape index (κ2) is 5.32. The molecule has 0 aliphatic carbocycles. The Morgan fingerprint density at radius 2 is 1.88 bits per heavy atom. The lowest BCUT2D eigenvalue weighted by Crippen LogP contribution is -2.42. The number of nitrogens with one attached hydrogen (secondary N) is 1. The second-order valence-corrected chi connectivity index (χ2v) is 4.69. The van der Waals surface area contributed by atoms with E-state index in [1.54, 1.807) is 0 Å². The maximum absolute atomic E-state index is 11.8. The van der Waals surface area contributed by atoms with Gasteiger partial charge in [-0.15, -0.1) is 0 Å². The van der Waals surface area contributed by atoms with E-state index in [-0.39, 0.29) is 23.8 Å². The van der Waals surface area contributed by atoms with Gasteiger partial charge >= 0.3 is 5.97 Å². The van der Waals surface area contributed by atoms with Crippen molar-refractivity contribution in [3.63, 3.8) is 0 Å². The van der Waals surface area contributed by atoms with Crippen LogP contribution in [0.3, 0.4) is 0 Å². The van der Waals surface area contributed by atoms with Gasteiger partial charge in [0.05, 0.1) is 12.5 Å². The number of esters is 1. The predicted molar refractivity (Wildman–Crippen MR) is 58.7 cm³/mol. The fraction of sp³-hybridized carbons (Fsp3) is 0.833. The highest BCUT2D eigenvalue weighted by atomic mass is 16.5. The third-order valence-electron chi connectivity index (χ3n) is 3.46. The van der Waals surface area contributed by atoms with E-state index in [1.807, 2.05) is 0 Å². The van der Waals surface area contributed by atoms with Crippen molar-refractivity contribution in [1.82, 2.24) is 5.32 Å². The van der Waals surface area contributed by atoms with E-state index in [4.69, 9.17) is 4.74 Å². The molecule has 0 aromatic rings. The monoisotopic (exact) mass is 225 g/mol. The molecule has 2 atom stereocenters. The van der Waals surface area contributed by atoms with Crippen molar-refractivity contribution >= 4 is 11.9 Å². The molecule has 0 saturated carbocycles. The van der Waals surface area contributed by atoms with Crippen LogP contribution >= 0.6 is 0 Å². The molecule has 4 heteroatoms. The maximum atomic E-state index is 11.8. The molecule has 2 aliphatic rings. The molecule has 0 aromatic carbocycles. The number of amides is 1. The predicted octanol–water partition coefficient (Wildman–Crippen LogP) is 1.39. The van der Waals surface area contributed by atoms with E-state index in [0.717, 1.165) is 38.5 Å². The van der Waals surface area contributed by atoms with Crippen LogP contribution in [0.4, 0.5) is 0 Å². The zero-order valence-electron chi connectivity index (χ0n) is 9.54. The summed E-state index contributed by atoms with van der Waals surface area (Å²) in [5.41, 5.74) is 0. The summed E-state index contributed by atoms with van der Waals surface area (Å²) in [4.78, 5) is 23.2. The van der Waals surface area contributed by atoms with Crippen molar-refractivity contribution in [3.05, 3.63) is 0 Å². The van der Waals surface area contributed by atoms with Crippen LogP contribution in [0.15, 0.2) is 0 Å². The average molecular weight is 225 g/mol. The number of hydrogen-bond donors (Lipinski definition) is 1. The fourth-order valence-electron chi connectivity index (χ4n) is 2.53. The Balaban J connectivity index is 2.02. The Morgan fingerprint density at radius 3 is 2.75 bits per heavy atom. The number of cyclic esters (lactones) is 1. The number of hydrogen-bond acceptors (Lipinski definition) is 3. The minimum absolute atomic E-state index is 0.000556. The van der Waals surface area contributed by atoms with Crippen molar-refractivity contribution < 1.29 is 14.3 Å². The molecule has 2 heterocycles. The zero-order chi connectivity index (χ0) is 11.4. The number of ether oxygens (including phenoxy) is 1. The van der Waals surface area contributed by atoms with Gasteiger partial charge in [-0.1, -0.05) is 6.42 Å². The molecular weight excluding hydrogens is 206 g/mol. The summed E-state index contributed by atoms with van der Waals surface area (Å²) in [6, 6.07) is 0.000556. The van der Waals surface area contributed by atoms with Crippen LogP contribution in [0.5, 0.6) is 0 Å². The molecular formula is C12H19NO3. The van der Waals surface area contributed by atoms with E-state index in [0.29, 0.717) is 13.0 Å². The van der Waals surface area contributed by atoms with Gasteiger partial charge in [-0.3, -0.25) is 9.59 Å². The quantitative estimate of drug-likeness (QED) is 0.686. The summed E-state index contributed by atoms with van der Waals surface area (Å²) in [7, 11) is 0. The molecule has 2 unspecified atom stereocenters. The van der Waals surface area contributed by atoms with E-state index >= 15 is 0 Å². The third kappa shape index (κ3) is 2.74. The van der Waals surface area contributed by atoms with Gasteiger partial charge in [-0.2, -0.15) is 0 Å². The van der Waals surface area contributed by atoms with Crippen LogP contribution in [0.2, 0.25) is 0 Å². The van der Waals surface area contributed by atoms with E-state index in [2.05, 4.69) is 5.32 Å². The maximum Gasteiger partial charge on any atom is 0.311 e. The van der Waals surface area contributed by atoms with Crippen LogP contribution < -0.4 is 5.32 Å². The van der Waals surface area contributed by atoms with Crippen molar-refractivity contribution in [2.45, 2.75) is 51.0 Å². The van der Waals surface area contributed by atoms with Gasteiger partial charge in [0.25, 0.3) is 0 Å². The van der Waals surface area contributed by atoms with Crippen LogP contribution in [0.25, 0.3) is 0 Å². The molecule has 4 nitrogen and oxygen atoms in total. The van der Waals surface area contributed by atoms with Crippen molar-refractivity contribution in [2.24, 2.45) is 5.92 Å². The minimum atomic E-state index is -0.121. The van der Waals surface area contributed by atoms with E-state index in [9.17, 15) is 9.59 Å². The van der Waals surface area contributed by atoms with Crippen LogP contribution in [-0.2, 0) is 14.3 Å². The highest BCUT2D eigenvalue weighted by molar-refractivity contribution is 5.79. The van der Waals surface area contributed by atoms with Gasteiger partial charge in [0.1, 0.15) is 0 Å². The van der Waals surface area contributed by atoms with Crippen LogP contribution in [0, 0.1) is 5.92 Å². The van der Waals surface area contributed by atoms with Crippen molar-refractivity contribution in [2.75, 3.05) is 6.61 Å². The Kier molecular flexibility index (Phi) is 3.80. The number of carbonyl (C=O) groups excluding carboxylic acids is 2. The molecule has 1 amide bonds. The first kappa shape index (κ1) is 11.4. The number of carbonyl (C=O) groups is 2. The lowest BCUT2D eigenvalue weighted by molar-refractivity contribution is -0.148. The summed E-state index contributed by atoms with van der Waals surface area (Å²) in [6.45, 7) is 0.538. The molecule has 0 radical (unpaired) electrons. The Hall–Kier alpha value is -1.06. The van der Waals surface area contributed by atoms with Crippen molar-refractivity contribution in [1.29, 1.82) is 0 Å². The fourth-order valence-corrected chi connectivity index (χ4v) is 2.53. The molecule has 0 bridgehead atoms. The molecule has 2 fully saturated rings. The molecule has 16 heavy (non-hydrogen) atoms. The standard InChI is InChI=1S/C12H19NO3/c14-11-7-2-1-6-10(13-11)9-5-3-4-8-16-12(9)15/h9-10H,1-8H2,(H,13,14). The minimum Gasteiger partial charge on any atom is -0.465 e. The largest absolute Gasteiger partial charge is 0.465 e. The normalized spacial score (nSPS) is 32.2. The molecule has 2 rings (SSSR count). The third-order valence-corrected chi connectivity index (χ3v) is 3.46. The Labute approximate surface area is 95.7 Å². The lowest BCUT2D eigenvalue weighted by atomic mass is 9.91. The van der Waals surface area contributed by atoms with E-state index < -0.39 is 0 Å². The van der Waals surface area contributed by atoms with Gasteiger partial charge in [-0.05, 0) is 32.1 Å². The first-order chi connectivity index (χ1) is 7.77. The summed E-state index contributed by atoms with van der Waals surface area (Å²) in [5.74, 6) is -0.159. The number of rotatable bonds is 1. The van der Waals surface area contributed by atoms with Gasteiger partial charge in [0.15, 0.2) is 0 Å². The summed E-state index contributed by atoms with van der Waals surface area (Å²) in [5, 5.41) is 2.97. The lowest BCUT2D eigenvalue weighted by Gasteiger charge is -2.23.